The molecule has 0 fully saturated rings. The average molecular weight is 297 g/mol. The van der Waals surface area contributed by atoms with Crippen molar-refractivity contribution in [3.63, 3.8) is 0 Å². The summed E-state index contributed by atoms with van der Waals surface area (Å²) in [7, 11) is 0. The maximum absolute atomic E-state index is 10.7. The molecule has 1 atom stereocenters. The Bertz CT molecular complexity index is 360. The third-order valence-corrected chi connectivity index (χ3v) is 4.12. The SMILES string of the molecule is CC(=O)OC(C)C/C=C/C[Se]c1ccccc1. The molecule has 0 saturated heterocycles. The predicted molar refractivity (Wildman–Crippen MR) is 71.6 cm³/mol. The molecule has 0 aliphatic rings. The van der Waals surface area contributed by atoms with E-state index < -0.39 is 0 Å². The van der Waals surface area contributed by atoms with Crippen molar-refractivity contribution in [2.24, 2.45) is 0 Å². The van der Waals surface area contributed by atoms with Crippen molar-refractivity contribution in [1.82, 2.24) is 0 Å². The molecular weight excluding hydrogens is 279 g/mol. The van der Waals surface area contributed by atoms with Crippen LogP contribution in [0.3, 0.4) is 0 Å². The van der Waals surface area contributed by atoms with Crippen LogP contribution in [0.2, 0.25) is 5.32 Å². The zero-order chi connectivity index (χ0) is 12.5. The number of allylic oxidation sites excluding steroid dienone is 1. The third kappa shape index (κ3) is 6.98. The van der Waals surface area contributed by atoms with Gasteiger partial charge in [0.05, 0.1) is 0 Å². The summed E-state index contributed by atoms with van der Waals surface area (Å²) in [6.07, 6.45) is 5.04. The van der Waals surface area contributed by atoms with Crippen molar-refractivity contribution >= 4 is 25.4 Å². The molecule has 1 aromatic rings. The Morgan fingerprint density at radius 2 is 2.06 bits per heavy atom. The summed E-state index contributed by atoms with van der Waals surface area (Å²) in [5.74, 6) is -0.209. The molecule has 0 radical (unpaired) electrons. The summed E-state index contributed by atoms with van der Waals surface area (Å²) in [6, 6.07) is 10.5. The molecule has 0 aliphatic carbocycles. The van der Waals surface area contributed by atoms with Crippen molar-refractivity contribution in [2.75, 3.05) is 0 Å². The van der Waals surface area contributed by atoms with E-state index in [-0.39, 0.29) is 12.1 Å². The van der Waals surface area contributed by atoms with Gasteiger partial charge in [0.25, 0.3) is 0 Å². The third-order valence-electron chi connectivity index (χ3n) is 2.09. The van der Waals surface area contributed by atoms with Gasteiger partial charge in [-0.05, 0) is 0 Å². The van der Waals surface area contributed by atoms with E-state index in [1.54, 1.807) is 0 Å². The standard InChI is InChI=1S/C14H18O2Se/c1-12(16-13(2)15)8-6-7-11-17-14-9-4-3-5-10-14/h3-7,9-10,12H,8,11H2,1-2H3/b7-6+. The molecule has 0 amide bonds. The molecular formula is C14H18O2Se. The van der Waals surface area contributed by atoms with Crippen molar-refractivity contribution in [2.45, 2.75) is 31.7 Å². The molecule has 17 heavy (non-hydrogen) atoms. The fourth-order valence-corrected chi connectivity index (χ4v) is 2.97. The summed E-state index contributed by atoms with van der Waals surface area (Å²) in [5.41, 5.74) is 0. The van der Waals surface area contributed by atoms with Crippen molar-refractivity contribution in [1.29, 1.82) is 0 Å². The van der Waals surface area contributed by atoms with Crippen LogP contribution in [0.25, 0.3) is 0 Å². The Morgan fingerprint density at radius 1 is 1.35 bits per heavy atom. The van der Waals surface area contributed by atoms with Gasteiger partial charge in [0.15, 0.2) is 0 Å². The number of ether oxygens (including phenoxy) is 1. The van der Waals surface area contributed by atoms with E-state index in [2.05, 4.69) is 36.4 Å². The summed E-state index contributed by atoms with van der Waals surface area (Å²) >= 11 is 0.502. The molecule has 92 valence electrons. The van der Waals surface area contributed by atoms with Crippen LogP contribution >= 0.6 is 0 Å². The molecule has 1 unspecified atom stereocenters. The first-order chi connectivity index (χ1) is 8.18. The second-order valence-electron chi connectivity index (χ2n) is 3.75. The molecule has 0 aromatic heterocycles. The molecule has 0 spiro atoms. The topological polar surface area (TPSA) is 26.3 Å². The Balaban J connectivity index is 2.16. The number of rotatable bonds is 6. The van der Waals surface area contributed by atoms with Crippen molar-refractivity contribution in [3.05, 3.63) is 42.5 Å². The average Bonchev–Trinajstić information content (AvgIpc) is 2.29. The Morgan fingerprint density at radius 3 is 2.71 bits per heavy atom. The van der Waals surface area contributed by atoms with E-state index in [9.17, 15) is 4.79 Å². The molecule has 3 heteroatoms. The van der Waals surface area contributed by atoms with Crippen LogP contribution in [-0.4, -0.2) is 27.0 Å². The number of benzene rings is 1. The summed E-state index contributed by atoms with van der Waals surface area (Å²) in [4.78, 5) is 10.7. The van der Waals surface area contributed by atoms with Gasteiger partial charge >= 0.3 is 109 Å². The predicted octanol–water partition coefficient (Wildman–Crippen LogP) is 2.33. The normalized spacial score (nSPS) is 12.6. The van der Waals surface area contributed by atoms with Crippen LogP contribution in [0.5, 0.6) is 0 Å². The second-order valence-corrected chi connectivity index (χ2v) is 6.05. The molecule has 1 aromatic carbocycles. The van der Waals surface area contributed by atoms with Crippen molar-refractivity contribution in [3.8, 4) is 0 Å². The summed E-state index contributed by atoms with van der Waals surface area (Å²) in [5, 5.41) is 1.09. The van der Waals surface area contributed by atoms with Crippen LogP contribution in [-0.2, 0) is 9.53 Å². The Kier molecular flexibility index (Phi) is 6.68. The summed E-state index contributed by atoms with van der Waals surface area (Å²) < 4.78 is 6.44. The Hall–Kier alpha value is -1.05. The molecule has 0 aliphatic heterocycles. The quantitative estimate of drug-likeness (QED) is 0.458. The zero-order valence-corrected chi connectivity index (χ0v) is 12.0. The van der Waals surface area contributed by atoms with E-state index in [0.29, 0.717) is 15.0 Å². The number of carbonyl (C=O) groups is 1. The Labute approximate surface area is 109 Å². The van der Waals surface area contributed by atoms with Gasteiger partial charge in [-0.25, -0.2) is 0 Å². The fraction of sp³-hybridized carbons (Fsp3) is 0.357. The van der Waals surface area contributed by atoms with Gasteiger partial charge in [-0.1, -0.05) is 0 Å². The molecule has 1 rings (SSSR count). The number of carbonyl (C=O) groups excluding carboxylic acids is 1. The van der Waals surface area contributed by atoms with Gasteiger partial charge in [-0.3, -0.25) is 0 Å². The first-order valence-corrected chi connectivity index (χ1v) is 7.75. The van der Waals surface area contributed by atoms with E-state index >= 15 is 0 Å². The van der Waals surface area contributed by atoms with E-state index in [4.69, 9.17) is 4.74 Å². The minimum absolute atomic E-state index is 0.0204. The number of esters is 1. The number of hydrogen-bond acceptors (Lipinski definition) is 2. The van der Waals surface area contributed by atoms with Gasteiger partial charge in [0, 0.05) is 0 Å². The van der Waals surface area contributed by atoms with Gasteiger partial charge in [-0.2, -0.15) is 0 Å². The van der Waals surface area contributed by atoms with Crippen LogP contribution in [0.15, 0.2) is 42.5 Å². The molecule has 2 nitrogen and oxygen atoms in total. The van der Waals surface area contributed by atoms with Gasteiger partial charge < -0.3 is 0 Å². The first-order valence-electron chi connectivity index (χ1n) is 5.68. The maximum atomic E-state index is 10.7. The van der Waals surface area contributed by atoms with Crippen LogP contribution in [0.4, 0.5) is 0 Å². The van der Waals surface area contributed by atoms with Gasteiger partial charge in [0.1, 0.15) is 0 Å². The van der Waals surface area contributed by atoms with Gasteiger partial charge in [0.2, 0.25) is 0 Å². The van der Waals surface area contributed by atoms with Crippen LogP contribution in [0, 0.1) is 0 Å². The van der Waals surface area contributed by atoms with E-state index in [1.807, 2.05) is 13.0 Å². The molecule has 0 heterocycles. The first kappa shape index (κ1) is 14.0. The fourth-order valence-electron chi connectivity index (χ4n) is 1.35. The number of hydrogen-bond donors (Lipinski definition) is 0. The van der Waals surface area contributed by atoms with E-state index in [0.717, 1.165) is 11.7 Å². The molecule has 0 saturated carbocycles. The minimum atomic E-state index is -0.209. The molecule has 0 N–H and O–H groups in total. The van der Waals surface area contributed by atoms with Crippen LogP contribution < -0.4 is 4.46 Å². The second kappa shape index (κ2) is 8.10. The molecule has 0 bridgehead atoms. The summed E-state index contributed by atoms with van der Waals surface area (Å²) in [6.45, 7) is 3.35. The zero-order valence-electron chi connectivity index (χ0n) is 10.3. The van der Waals surface area contributed by atoms with E-state index in [1.165, 1.54) is 11.4 Å². The van der Waals surface area contributed by atoms with Gasteiger partial charge in [-0.15, -0.1) is 0 Å². The van der Waals surface area contributed by atoms with Crippen LogP contribution in [0.1, 0.15) is 20.3 Å². The monoisotopic (exact) mass is 298 g/mol. The van der Waals surface area contributed by atoms with Crippen molar-refractivity contribution < 1.29 is 9.53 Å².